The lowest BCUT2D eigenvalue weighted by atomic mass is 9.90. The molecular weight excluding hydrogens is 376 g/mol. The van der Waals surface area contributed by atoms with Crippen LogP contribution in [0.25, 0.3) is 10.9 Å². The van der Waals surface area contributed by atoms with Gasteiger partial charge in [0, 0.05) is 39.5 Å². The fraction of sp³-hybridized carbons (Fsp3) is 0.136. The van der Waals surface area contributed by atoms with Gasteiger partial charge in [0.1, 0.15) is 0 Å². The highest BCUT2D eigenvalue weighted by atomic mass is 35.5. The molecule has 3 nitrogen and oxygen atoms in total. The molecule has 136 valence electrons. The maximum Gasteiger partial charge on any atom is 0.225 e. The third kappa shape index (κ3) is 3.92. The van der Waals surface area contributed by atoms with E-state index in [2.05, 4.69) is 22.4 Å². The molecule has 1 amide bonds. The summed E-state index contributed by atoms with van der Waals surface area (Å²) >= 11 is 8.09. The van der Waals surface area contributed by atoms with Crippen LogP contribution in [0, 0.1) is 0 Å². The molecule has 2 aromatic carbocycles. The highest BCUT2D eigenvalue weighted by Gasteiger charge is 2.21. The first-order chi connectivity index (χ1) is 13.2. The molecule has 0 saturated carbocycles. The lowest BCUT2D eigenvalue weighted by Gasteiger charge is -2.19. The molecule has 2 aromatic heterocycles. The van der Waals surface area contributed by atoms with Gasteiger partial charge in [-0.2, -0.15) is 0 Å². The van der Waals surface area contributed by atoms with Crippen LogP contribution in [0.1, 0.15) is 21.9 Å². The fourth-order valence-corrected chi connectivity index (χ4v) is 4.35. The Morgan fingerprint density at radius 3 is 2.67 bits per heavy atom. The quantitative estimate of drug-likeness (QED) is 0.453. The second kappa shape index (κ2) is 7.99. The summed E-state index contributed by atoms with van der Waals surface area (Å²) in [5, 5.41) is 6.94. The number of nitrogens with one attached hydrogen (secondary N) is 2. The molecule has 0 saturated heterocycles. The van der Waals surface area contributed by atoms with E-state index in [0.717, 1.165) is 26.9 Å². The smallest absolute Gasteiger partial charge is 0.225 e. The normalized spacial score (nSPS) is 12.2. The largest absolute Gasteiger partial charge is 0.361 e. The van der Waals surface area contributed by atoms with Gasteiger partial charge in [0.15, 0.2) is 0 Å². The van der Waals surface area contributed by atoms with Crippen molar-refractivity contribution in [2.24, 2.45) is 0 Å². The lowest BCUT2D eigenvalue weighted by molar-refractivity contribution is -0.120. The molecule has 0 aliphatic carbocycles. The second-order valence-electron chi connectivity index (χ2n) is 6.42. The molecule has 0 unspecified atom stereocenters. The fourth-order valence-electron chi connectivity index (χ4n) is 3.38. The Kier molecular flexibility index (Phi) is 5.28. The maximum atomic E-state index is 12.4. The van der Waals surface area contributed by atoms with E-state index < -0.39 is 0 Å². The summed E-state index contributed by atoms with van der Waals surface area (Å²) in [6.07, 6.45) is 2.42. The number of aromatic nitrogens is 1. The lowest BCUT2D eigenvalue weighted by Crippen LogP contribution is -2.30. The molecule has 2 heterocycles. The Morgan fingerprint density at radius 2 is 1.85 bits per heavy atom. The van der Waals surface area contributed by atoms with Crippen molar-refractivity contribution in [3.8, 4) is 0 Å². The number of halogens is 1. The third-order valence-electron chi connectivity index (χ3n) is 4.70. The van der Waals surface area contributed by atoms with Crippen molar-refractivity contribution in [1.29, 1.82) is 0 Å². The average molecular weight is 395 g/mol. The molecule has 0 spiro atoms. The number of rotatable bonds is 6. The number of hydrogen-bond donors (Lipinski definition) is 2. The standard InChI is InChI=1S/C22H19ClN2OS/c23-20-9-3-1-7-16(20)18(14-25-22(26)12-15-6-5-11-27-15)19-13-24-21-10-4-2-8-17(19)21/h1-11,13,18,24H,12,14H2,(H,25,26)/t18-/m1/s1. The van der Waals surface area contributed by atoms with E-state index in [9.17, 15) is 4.79 Å². The van der Waals surface area contributed by atoms with Crippen molar-refractivity contribution in [3.05, 3.63) is 93.3 Å². The molecule has 1 atom stereocenters. The maximum absolute atomic E-state index is 12.4. The highest BCUT2D eigenvalue weighted by Crippen LogP contribution is 2.34. The number of thiophene rings is 1. The van der Waals surface area contributed by atoms with E-state index in [1.165, 1.54) is 0 Å². The number of aromatic amines is 1. The van der Waals surface area contributed by atoms with Crippen LogP contribution < -0.4 is 5.32 Å². The highest BCUT2D eigenvalue weighted by molar-refractivity contribution is 7.10. The van der Waals surface area contributed by atoms with Gasteiger partial charge in [-0.05, 0) is 34.7 Å². The molecule has 27 heavy (non-hydrogen) atoms. The predicted molar refractivity (Wildman–Crippen MR) is 113 cm³/mol. The van der Waals surface area contributed by atoms with Gasteiger partial charge >= 0.3 is 0 Å². The monoisotopic (exact) mass is 394 g/mol. The summed E-state index contributed by atoms with van der Waals surface area (Å²) in [4.78, 5) is 16.8. The minimum absolute atomic E-state index is 0.0225. The first-order valence-corrected chi connectivity index (χ1v) is 10.1. The predicted octanol–water partition coefficient (Wildman–Crippen LogP) is 5.37. The summed E-state index contributed by atoms with van der Waals surface area (Å²) in [5.74, 6) is -0.00326. The zero-order valence-corrected chi connectivity index (χ0v) is 16.2. The zero-order chi connectivity index (χ0) is 18.6. The molecular formula is C22H19ClN2OS. The van der Waals surface area contributed by atoms with Crippen LogP contribution in [0.15, 0.2) is 72.2 Å². The van der Waals surface area contributed by atoms with Gasteiger partial charge in [0.05, 0.1) is 6.42 Å². The van der Waals surface area contributed by atoms with Crippen LogP contribution in [-0.2, 0) is 11.2 Å². The van der Waals surface area contributed by atoms with Gasteiger partial charge in [-0.3, -0.25) is 4.79 Å². The molecule has 0 aliphatic heterocycles. The van der Waals surface area contributed by atoms with Crippen LogP contribution in [-0.4, -0.2) is 17.4 Å². The van der Waals surface area contributed by atoms with E-state index in [4.69, 9.17) is 11.6 Å². The Morgan fingerprint density at radius 1 is 1.04 bits per heavy atom. The summed E-state index contributed by atoms with van der Waals surface area (Å²) in [7, 11) is 0. The number of benzene rings is 2. The average Bonchev–Trinajstić information content (AvgIpc) is 3.33. The first kappa shape index (κ1) is 17.8. The van der Waals surface area contributed by atoms with E-state index in [-0.39, 0.29) is 11.8 Å². The zero-order valence-electron chi connectivity index (χ0n) is 14.6. The van der Waals surface area contributed by atoms with Crippen molar-refractivity contribution in [2.75, 3.05) is 6.54 Å². The number of carbonyl (C=O) groups excluding carboxylic acids is 1. The van der Waals surface area contributed by atoms with Crippen molar-refractivity contribution in [3.63, 3.8) is 0 Å². The van der Waals surface area contributed by atoms with Crippen LogP contribution >= 0.6 is 22.9 Å². The molecule has 0 aliphatic rings. The van der Waals surface area contributed by atoms with Gasteiger partial charge in [-0.15, -0.1) is 11.3 Å². The van der Waals surface area contributed by atoms with Crippen LogP contribution in [0.2, 0.25) is 5.02 Å². The second-order valence-corrected chi connectivity index (χ2v) is 7.86. The number of H-pyrrole nitrogens is 1. The van der Waals surface area contributed by atoms with Crippen LogP contribution in [0.5, 0.6) is 0 Å². The van der Waals surface area contributed by atoms with Gasteiger partial charge in [-0.25, -0.2) is 0 Å². The molecule has 5 heteroatoms. The number of amides is 1. The first-order valence-electron chi connectivity index (χ1n) is 8.82. The molecule has 0 radical (unpaired) electrons. The van der Waals surface area contributed by atoms with Gasteiger partial charge in [-0.1, -0.05) is 54.1 Å². The van der Waals surface area contributed by atoms with Crippen molar-refractivity contribution in [2.45, 2.75) is 12.3 Å². The molecule has 4 aromatic rings. The summed E-state index contributed by atoms with van der Waals surface area (Å²) in [6.45, 7) is 0.496. The summed E-state index contributed by atoms with van der Waals surface area (Å²) in [6, 6.07) is 20.0. The Balaban J connectivity index is 1.63. The number of fused-ring (bicyclic) bond motifs is 1. The third-order valence-corrected chi connectivity index (χ3v) is 5.92. The molecule has 0 bridgehead atoms. The van der Waals surface area contributed by atoms with E-state index >= 15 is 0 Å². The van der Waals surface area contributed by atoms with Crippen molar-refractivity contribution in [1.82, 2.24) is 10.3 Å². The summed E-state index contributed by atoms with van der Waals surface area (Å²) < 4.78 is 0. The molecule has 4 rings (SSSR count). The minimum Gasteiger partial charge on any atom is -0.361 e. The molecule has 0 fully saturated rings. The summed E-state index contributed by atoms with van der Waals surface area (Å²) in [5.41, 5.74) is 3.23. The van der Waals surface area contributed by atoms with Gasteiger partial charge < -0.3 is 10.3 Å². The van der Waals surface area contributed by atoms with E-state index in [1.807, 2.05) is 60.1 Å². The Labute approximate surface area is 167 Å². The van der Waals surface area contributed by atoms with Crippen LogP contribution in [0.4, 0.5) is 0 Å². The number of hydrogen-bond acceptors (Lipinski definition) is 2. The SMILES string of the molecule is O=C(Cc1cccs1)NC[C@H](c1ccccc1Cl)c1c[nH]c2ccccc12. The van der Waals surface area contributed by atoms with Gasteiger partial charge in [0.25, 0.3) is 0 Å². The van der Waals surface area contributed by atoms with E-state index in [1.54, 1.807) is 11.3 Å². The Bertz CT molecular complexity index is 1060. The Hall–Kier alpha value is -2.56. The van der Waals surface area contributed by atoms with Crippen molar-refractivity contribution < 1.29 is 4.79 Å². The number of carbonyl (C=O) groups is 1. The van der Waals surface area contributed by atoms with Gasteiger partial charge in [0.2, 0.25) is 5.91 Å². The molecule has 2 N–H and O–H groups in total. The van der Waals surface area contributed by atoms with Crippen LogP contribution in [0.3, 0.4) is 0 Å². The number of para-hydroxylation sites is 1. The van der Waals surface area contributed by atoms with Crippen molar-refractivity contribution >= 4 is 39.7 Å². The minimum atomic E-state index is -0.0258. The topological polar surface area (TPSA) is 44.9 Å². The van der Waals surface area contributed by atoms with E-state index in [0.29, 0.717) is 18.0 Å².